The van der Waals surface area contributed by atoms with Crippen molar-refractivity contribution in [2.75, 3.05) is 32.5 Å². The van der Waals surface area contributed by atoms with Crippen molar-refractivity contribution in [3.63, 3.8) is 0 Å². The van der Waals surface area contributed by atoms with Crippen LogP contribution in [0.3, 0.4) is 0 Å². The summed E-state index contributed by atoms with van der Waals surface area (Å²) in [7, 11) is 1.61. The molecule has 2 aromatic heterocycles. The van der Waals surface area contributed by atoms with E-state index in [0.717, 1.165) is 41.7 Å². The average Bonchev–Trinajstić information content (AvgIpc) is 3.35. The van der Waals surface area contributed by atoms with Crippen LogP contribution in [0.4, 0.5) is 0 Å². The maximum Gasteiger partial charge on any atom is 0.308 e. The summed E-state index contributed by atoms with van der Waals surface area (Å²) < 4.78 is 10.6. The number of thioether (sulfide) groups is 1. The number of ether oxygens (including phenoxy) is 1. The van der Waals surface area contributed by atoms with E-state index in [9.17, 15) is 15.0 Å². The number of hydrogen-bond acceptors (Lipinski definition) is 8. The lowest BCUT2D eigenvalue weighted by atomic mass is 9.81. The van der Waals surface area contributed by atoms with E-state index in [4.69, 9.17) is 9.15 Å². The summed E-state index contributed by atoms with van der Waals surface area (Å²) in [4.78, 5) is 22.7. The predicted molar refractivity (Wildman–Crippen MR) is 125 cm³/mol. The molecule has 33 heavy (non-hydrogen) atoms. The van der Waals surface area contributed by atoms with Gasteiger partial charge >= 0.3 is 5.97 Å². The number of carboxylic acid groups (broad SMARTS) is 1. The first kappa shape index (κ1) is 23.5. The molecule has 1 aliphatic rings. The van der Waals surface area contributed by atoms with Crippen molar-refractivity contribution in [2.45, 2.75) is 30.6 Å². The Kier molecular flexibility index (Phi) is 7.85. The molecule has 3 atom stereocenters. The number of hydrogen-bond donors (Lipinski definition) is 2. The third kappa shape index (κ3) is 5.85. The number of aliphatic carboxylic acids is 1. The minimum atomic E-state index is -0.765. The first-order valence-corrected chi connectivity index (χ1v) is 12.1. The number of carbonyl (C=O) groups is 1. The SMILES string of the molecule is COc1ccc2nccc(C(O)CC[C@@H]3CCN(CCSc4ncco4)C[C@@H]3C(=O)O)c2c1. The Bertz CT molecular complexity index is 1060. The van der Waals surface area contributed by atoms with Gasteiger partial charge in [-0.3, -0.25) is 9.78 Å². The Morgan fingerprint density at radius 3 is 2.97 bits per heavy atom. The van der Waals surface area contributed by atoms with E-state index in [2.05, 4.69) is 14.9 Å². The molecule has 1 aromatic carbocycles. The second kappa shape index (κ2) is 11.0. The lowest BCUT2D eigenvalue weighted by molar-refractivity contribution is -0.146. The van der Waals surface area contributed by atoms with Crippen LogP contribution in [0.15, 0.2) is 52.6 Å². The van der Waals surface area contributed by atoms with Gasteiger partial charge < -0.3 is 24.3 Å². The summed E-state index contributed by atoms with van der Waals surface area (Å²) in [5.74, 6) is 0.346. The Morgan fingerprint density at radius 1 is 1.33 bits per heavy atom. The zero-order chi connectivity index (χ0) is 23.2. The Hall–Kier alpha value is -2.62. The van der Waals surface area contributed by atoms with Gasteiger partial charge in [0.15, 0.2) is 0 Å². The molecule has 0 amide bonds. The van der Waals surface area contributed by atoms with Gasteiger partial charge in [0.25, 0.3) is 5.22 Å². The van der Waals surface area contributed by atoms with E-state index in [1.54, 1.807) is 25.8 Å². The minimum Gasteiger partial charge on any atom is -0.497 e. The smallest absolute Gasteiger partial charge is 0.308 e. The summed E-state index contributed by atoms with van der Waals surface area (Å²) in [6, 6.07) is 7.44. The summed E-state index contributed by atoms with van der Waals surface area (Å²) in [6.45, 7) is 2.17. The van der Waals surface area contributed by atoms with E-state index in [1.807, 2.05) is 24.3 Å². The van der Waals surface area contributed by atoms with Crippen molar-refractivity contribution in [3.8, 4) is 5.75 Å². The molecule has 1 fully saturated rings. The molecule has 0 radical (unpaired) electrons. The number of nitrogens with zero attached hydrogens (tertiary/aromatic N) is 3. The third-order valence-electron chi connectivity index (χ3n) is 6.35. The van der Waals surface area contributed by atoms with E-state index < -0.39 is 18.0 Å². The zero-order valence-electron chi connectivity index (χ0n) is 18.6. The number of rotatable bonds is 10. The standard InChI is InChI=1S/C24H29N3O5S/c1-31-17-3-4-21-19(14-17)18(6-8-25-21)22(28)5-2-16-7-10-27(15-20(16)23(29)30)11-13-33-24-26-9-12-32-24/h3-4,6,8-9,12,14,16,20,22,28H,2,5,7,10-11,13,15H2,1H3,(H,29,30)/t16-,20+,22?/m1/s1. The van der Waals surface area contributed by atoms with Crippen LogP contribution in [0, 0.1) is 11.8 Å². The summed E-state index contributed by atoms with van der Waals surface area (Å²) in [5, 5.41) is 22.3. The number of benzene rings is 1. The number of aliphatic hydroxyl groups excluding tert-OH is 1. The molecule has 0 spiro atoms. The van der Waals surface area contributed by atoms with Crippen LogP contribution in [0.5, 0.6) is 5.75 Å². The highest BCUT2D eigenvalue weighted by Crippen LogP contribution is 2.34. The van der Waals surface area contributed by atoms with Gasteiger partial charge in [-0.05, 0) is 61.6 Å². The maximum atomic E-state index is 12.0. The molecule has 4 rings (SSSR count). The Morgan fingerprint density at radius 2 is 2.21 bits per heavy atom. The van der Waals surface area contributed by atoms with Crippen molar-refractivity contribution >= 4 is 28.6 Å². The topological polar surface area (TPSA) is 109 Å². The van der Waals surface area contributed by atoms with Gasteiger partial charge in [0.05, 0.1) is 30.8 Å². The number of methoxy groups -OCH3 is 1. The molecular formula is C24H29N3O5S. The quantitative estimate of drug-likeness (QED) is 0.426. The van der Waals surface area contributed by atoms with Crippen LogP contribution in [0.1, 0.15) is 30.9 Å². The van der Waals surface area contributed by atoms with Crippen LogP contribution < -0.4 is 4.74 Å². The first-order chi connectivity index (χ1) is 16.0. The normalized spacial score (nSPS) is 20.1. The molecule has 0 aliphatic carbocycles. The Labute approximate surface area is 197 Å². The number of piperidine rings is 1. The summed E-state index contributed by atoms with van der Waals surface area (Å²) in [6.07, 6.45) is 6.14. The van der Waals surface area contributed by atoms with Gasteiger partial charge in [-0.15, -0.1) is 0 Å². The summed E-state index contributed by atoms with van der Waals surface area (Å²) >= 11 is 1.53. The molecule has 0 bridgehead atoms. The van der Waals surface area contributed by atoms with Crippen LogP contribution in [0.25, 0.3) is 10.9 Å². The first-order valence-electron chi connectivity index (χ1n) is 11.1. The molecule has 176 valence electrons. The molecule has 1 unspecified atom stereocenters. The number of oxazole rings is 1. The monoisotopic (exact) mass is 471 g/mol. The van der Waals surface area contributed by atoms with Gasteiger partial charge in [-0.2, -0.15) is 0 Å². The minimum absolute atomic E-state index is 0.0374. The highest BCUT2D eigenvalue weighted by atomic mass is 32.2. The number of aliphatic hydroxyl groups is 1. The third-order valence-corrected chi connectivity index (χ3v) is 7.19. The van der Waals surface area contributed by atoms with Gasteiger partial charge in [-0.1, -0.05) is 11.8 Å². The highest BCUT2D eigenvalue weighted by Gasteiger charge is 2.34. The molecule has 0 saturated carbocycles. The van der Waals surface area contributed by atoms with Crippen molar-refractivity contribution in [3.05, 3.63) is 48.5 Å². The number of fused-ring (bicyclic) bond motifs is 1. The maximum absolute atomic E-state index is 12.0. The fourth-order valence-corrected chi connectivity index (χ4v) is 5.31. The molecule has 1 aliphatic heterocycles. The molecular weight excluding hydrogens is 442 g/mol. The van der Waals surface area contributed by atoms with Crippen molar-refractivity contribution < 1.29 is 24.2 Å². The van der Waals surface area contributed by atoms with E-state index in [0.29, 0.717) is 30.4 Å². The Balaban J connectivity index is 1.34. The largest absolute Gasteiger partial charge is 0.497 e. The van der Waals surface area contributed by atoms with Crippen LogP contribution >= 0.6 is 11.8 Å². The van der Waals surface area contributed by atoms with Crippen LogP contribution in [-0.2, 0) is 4.79 Å². The molecule has 3 heterocycles. The fraction of sp³-hybridized carbons (Fsp3) is 0.458. The number of carboxylic acids is 1. The number of aromatic nitrogens is 2. The zero-order valence-corrected chi connectivity index (χ0v) is 19.4. The van der Waals surface area contributed by atoms with Crippen LogP contribution in [0.2, 0.25) is 0 Å². The van der Waals surface area contributed by atoms with Gasteiger partial charge in [-0.25, -0.2) is 4.98 Å². The average molecular weight is 472 g/mol. The van der Waals surface area contributed by atoms with E-state index in [1.165, 1.54) is 11.8 Å². The van der Waals surface area contributed by atoms with Gasteiger partial charge in [0.1, 0.15) is 12.0 Å². The molecule has 3 aromatic rings. The predicted octanol–water partition coefficient (Wildman–Crippen LogP) is 3.86. The second-order valence-corrected chi connectivity index (χ2v) is 9.36. The number of likely N-dealkylation sites (tertiary alicyclic amines) is 1. The molecule has 9 heteroatoms. The fourth-order valence-electron chi connectivity index (χ4n) is 4.53. The van der Waals surface area contributed by atoms with Crippen LogP contribution in [-0.4, -0.2) is 63.5 Å². The second-order valence-electron chi connectivity index (χ2n) is 8.32. The van der Waals surface area contributed by atoms with Crippen molar-refractivity contribution in [2.24, 2.45) is 11.8 Å². The lowest BCUT2D eigenvalue weighted by Crippen LogP contribution is -2.44. The molecule has 1 saturated heterocycles. The molecule has 2 N–H and O–H groups in total. The molecule has 8 nitrogen and oxygen atoms in total. The van der Waals surface area contributed by atoms with E-state index >= 15 is 0 Å². The van der Waals surface area contributed by atoms with Crippen molar-refractivity contribution in [1.82, 2.24) is 14.9 Å². The van der Waals surface area contributed by atoms with Crippen molar-refractivity contribution in [1.29, 1.82) is 0 Å². The lowest BCUT2D eigenvalue weighted by Gasteiger charge is -2.36. The van der Waals surface area contributed by atoms with Gasteiger partial charge in [0, 0.05) is 30.4 Å². The summed E-state index contributed by atoms with van der Waals surface area (Å²) in [5.41, 5.74) is 1.60. The number of pyridine rings is 1. The van der Waals surface area contributed by atoms with Gasteiger partial charge in [0.2, 0.25) is 0 Å². The highest BCUT2D eigenvalue weighted by molar-refractivity contribution is 7.99. The van der Waals surface area contributed by atoms with E-state index in [-0.39, 0.29) is 5.92 Å².